The molecule has 22 heavy (non-hydrogen) atoms. The molecule has 3 nitrogen and oxygen atoms in total. The van der Waals surface area contributed by atoms with E-state index in [0.717, 1.165) is 5.56 Å². The van der Waals surface area contributed by atoms with Crippen LogP contribution in [-0.4, -0.2) is 19.8 Å². The minimum atomic E-state index is -2.85. The molecular formula is C17H25F2NO2. The Morgan fingerprint density at radius 2 is 1.91 bits per heavy atom. The van der Waals surface area contributed by atoms with Crippen molar-refractivity contribution in [1.29, 1.82) is 0 Å². The predicted octanol–water partition coefficient (Wildman–Crippen LogP) is 4.53. The first-order chi connectivity index (χ1) is 10.5. The lowest BCUT2D eigenvalue weighted by Gasteiger charge is -2.32. The standard InChI is InChI=1S/C17H25F2NO2/c1-11-6-4-5-7-14(11)20-12(2)13-8-9-15(22-17(18)19)16(10-13)21-3/h8-12,14,17,20H,4-7H2,1-3H3. The van der Waals surface area contributed by atoms with E-state index in [4.69, 9.17) is 4.74 Å². The molecule has 1 aliphatic carbocycles. The summed E-state index contributed by atoms with van der Waals surface area (Å²) >= 11 is 0. The van der Waals surface area contributed by atoms with Crippen molar-refractivity contribution < 1.29 is 18.3 Å². The maximum absolute atomic E-state index is 12.4. The Balaban J connectivity index is 2.07. The molecule has 0 heterocycles. The summed E-state index contributed by atoms with van der Waals surface area (Å²) in [6.07, 6.45) is 5.02. The Labute approximate surface area is 131 Å². The van der Waals surface area contributed by atoms with Crippen molar-refractivity contribution in [2.75, 3.05) is 7.11 Å². The van der Waals surface area contributed by atoms with Crippen LogP contribution in [0.5, 0.6) is 11.5 Å². The molecule has 0 saturated heterocycles. The van der Waals surface area contributed by atoms with Crippen LogP contribution in [0.25, 0.3) is 0 Å². The predicted molar refractivity (Wildman–Crippen MR) is 82.6 cm³/mol. The van der Waals surface area contributed by atoms with Crippen LogP contribution in [0.15, 0.2) is 18.2 Å². The van der Waals surface area contributed by atoms with Crippen molar-refractivity contribution in [2.45, 2.75) is 58.2 Å². The minimum absolute atomic E-state index is 0.0690. The molecule has 3 atom stereocenters. The van der Waals surface area contributed by atoms with E-state index in [2.05, 4.69) is 23.9 Å². The number of ether oxygens (including phenoxy) is 2. The molecule has 1 aromatic rings. The maximum atomic E-state index is 12.4. The van der Waals surface area contributed by atoms with Crippen LogP contribution < -0.4 is 14.8 Å². The van der Waals surface area contributed by atoms with Crippen molar-refractivity contribution >= 4 is 0 Å². The Kier molecular flexibility index (Phi) is 6.00. The third kappa shape index (κ3) is 4.32. The third-order valence-electron chi connectivity index (χ3n) is 4.48. The van der Waals surface area contributed by atoms with Crippen molar-refractivity contribution in [2.24, 2.45) is 5.92 Å². The molecule has 5 heteroatoms. The van der Waals surface area contributed by atoms with E-state index in [0.29, 0.717) is 17.7 Å². The van der Waals surface area contributed by atoms with E-state index in [1.165, 1.54) is 32.8 Å². The van der Waals surface area contributed by atoms with E-state index in [1.54, 1.807) is 12.1 Å². The van der Waals surface area contributed by atoms with Gasteiger partial charge in [-0.1, -0.05) is 25.8 Å². The average Bonchev–Trinajstić information content (AvgIpc) is 2.49. The summed E-state index contributed by atoms with van der Waals surface area (Å²) in [4.78, 5) is 0. The number of methoxy groups -OCH3 is 1. The topological polar surface area (TPSA) is 30.5 Å². The molecule has 0 bridgehead atoms. The Bertz CT molecular complexity index is 482. The second-order valence-corrected chi connectivity index (χ2v) is 6.05. The molecule has 0 aliphatic heterocycles. The monoisotopic (exact) mass is 313 g/mol. The lowest BCUT2D eigenvalue weighted by Crippen LogP contribution is -2.38. The summed E-state index contributed by atoms with van der Waals surface area (Å²) in [5.41, 5.74) is 1.01. The van der Waals surface area contributed by atoms with Gasteiger partial charge in [0.2, 0.25) is 0 Å². The highest BCUT2D eigenvalue weighted by Crippen LogP contribution is 2.32. The van der Waals surface area contributed by atoms with Crippen molar-refractivity contribution in [1.82, 2.24) is 5.32 Å². The summed E-state index contributed by atoms with van der Waals surface area (Å²) in [6.45, 7) is 1.52. The first-order valence-electron chi connectivity index (χ1n) is 7.90. The lowest BCUT2D eigenvalue weighted by molar-refractivity contribution is -0.0512. The molecule has 0 radical (unpaired) electrons. The van der Waals surface area contributed by atoms with E-state index < -0.39 is 6.61 Å². The quantitative estimate of drug-likeness (QED) is 0.837. The fourth-order valence-electron chi connectivity index (χ4n) is 3.13. The van der Waals surface area contributed by atoms with Gasteiger partial charge in [0, 0.05) is 12.1 Å². The molecule has 0 aromatic heterocycles. The van der Waals surface area contributed by atoms with Crippen LogP contribution in [0.2, 0.25) is 0 Å². The number of benzene rings is 1. The maximum Gasteiger partial charge on any atom is 0.387 e. The number of hydrogen-bond donors (Lipinski definition) is 1. The molecule has 1 N–H and O–H groups in total. The van der Waals surface area contributed by atoms with E-state index >= 15 is 0 Å². The largest absolute Gasteiger partial charge is 0.493 e. The molecule has 3 unspecified atom stereocenters. The summed E-state index contributed by atoms with van der Waals surface area (Å²) < 4.78 is 34.3. The molecule has 2 rings (SSSR count). The van der Waals surface area contributed by atoms with E-state index in [1.807, 2.05) is 6.07 Å². The Morgan fingerprint density at radius 3 is 2.55 bits per heavy atom. The van der Waals surface area contributed by atoms with Gasteiger partial charge in [-0.3, -0.25) is 0 Å². The van der Waals surface area contributed by atoms with Gasteiger partial charge in [-0.2, -0.15) is 8.78 Å². The number of hydrogen-bond acceptors (Lipinski definition) is 3. The van der Waals surface area contributed by atoms with Gasteiger partial charge in [-0.05, 0) is 43.4 Å². The van der Waals surface area contributed by atoms with E-state index in [9.17, 15) is 8.78 Å². The molecular weight excluding hydrogens is 288 g/mol. The van der Waals surface area contributed by atoms with Gasteiger partial charge >= 0.3 is 6.61 Å². The van der Waals surface area contributed by atoms with Gasteiger partial charge in [0.05, 0.1) is 7.11 Å². The van der Waals surface area contributed by atoms with Gasteiger partial charge < -0.3 is 14.8 Å². The second-order valence-electron chi connectivity index (χ2n) is 6.05. The lowest BCUT2D eigenvalue weighted by atomic mass is 9.85. The van der Waals surface area contributed by atoms with Gasteiger partial charge in [0.15, 0.2) is 11.5 Å². The molecule has 1 aromatic carbocycles. The highest BCUT2D eigenvalue weighted by atomic mass is 19.3. The fraction of sp³-hybridized carbons (Fsp3) is 0.647. The zero-order chi connectivity index (χ0) is 16.1. The van der Waals surface area contributed by atoms with Crippen LogP contribution in [0, 0.1) is 5.92 Å². The molecule has 124 valence electrons. The molecule has 1 aliphatic rings. The Morgan fingerprint density at radius 1 is 1.18 bits per heavy atom. The highest BCUT2D eigenvalue weighted by Gasteiger charge is 2.23. The van der Waals surface area contributed by atoms with Crippen molar-refractivity contribution in [3.8, 4) is 11.5 Å². The Hall–Kier alpha value is -1.36. The SMILES string of the molecule is COc1cc(C(C)NC2CCCCC2C)ccc1OC(F)F. The first kappa shape index (κ1) is 17.0. The van der Waals surface area contributed by atoms with Crippen molar-refractivity contribution in [3.63, 3.8) is 0 Å². The average molecular weight is 313 g/mol. The first-order valence-corrected chi connectivity index (χ1v) is 7.90. The second kappa shape index (κ2) is 7.77. The van der Waals surface area contributed by atoms with Gasteiger partial charge in [0.1, 0.15) is 0 Å². The number of rotatable bonds is 6. The zero-order valence-corrected chi connectivity index (χ0v) is 13.4. The zero-order valence-electron chi connectivity index (χ0n) is 13.4. The highest BCUT2D eigenvalue weighted by molar-refractivity contribution is 5.43. The van der Waals surface area contributed by atoms with Crippen LogP contribution in [0.1, 0.15) is 51.1 Å². The van der Waals surface area contributed by atoms with Crippen LogP contribution in [0.4, 0.5) is 8.78 Å². The number of halogens is 2. The molecule has 0 amide bonds. The van der Waals surface area contributed by atoms with Gasteiger partial charge in [0.25, 0.3) is 0 Å². The molecule has 1 fully saturated rings. The minimum Gasteiger partial charge on any atom is -0.493 e. The number of nitrogens with one attached hydrogen (secondary N) is 1. The summed E-state index contributed by atoms with van der Waals surface area (Å²) in [5, 5.41) is 3.65. The van der Waals surface area contributed by atoms with Crippen molar-refractivity contribution in [3.05, 3.63) is 23.8 Å². The van der Waals surface area contributed by atoms with E-state index in [-0.39, 0.29) is 11.8 Å². The molecule has 0 spiro atoms. The third-order valence-corrected chi connectivity index (χ3v) is 4.48. The van der Waals surface area contributed by atoms with Gasteiger partial charge in [-0.15, -0.1) is 0 Å². The van der Waals surface area contributed by atoms with Crippen LogP contribution >= 0.6 is 0 Å². The normalized spacial score (nSPS) is 23.4. The number of alkyl halides is 2. The summed E-state index contributed by atoms with van der Waals surface area (Å²) in [6, 6.07) is 5.77. The summed E-state index contributed by atoms with van der Waals surface area (Å²) in [5.74, 6) is 1.07. The summed E-state index contributed by atoms with van der Waals surface area (Å²) in [7, 11) is 1.46. The molecule has 1 saturated carbocycles. The smallest absolute Gasteiger partial charge is 0.387 e. The van der Waals surface area contributed by atoms with Crippen LogP contribution in [0.3, 0.4) is 0 Å². The van der Waals surface area contributed by atoms with Crippen LogP contribution in [-0.2, 0) is 0 Å². The fourth-order valence-corrected chi connectivity index (χ4v) is 3.13. The van der Waals surface area contributed by atoms with Gasteiger partial charge in [-0.25, -0.2) is 0 Å².